The normalized spacial score (nSPS) is 13.2. The van der Waals surface area contributed by atoms with Crippen molar-refractivity contribution in [2.75, 3.05) is 13.6 Å². The second-order valence-corrected chi connectivity index (χ2v) is 8.00. The highest BCUT2D eigenvalue weighted by atomic mass is 32.1. The Morgan fingerprint density at radius 1 is 1.25 bits per heavy atom. The summed E-state index contributed by atoms with van der Waals surface area (Å²) in [6.45, 7) is 2.06. The van der Waals surface area contributed by atoms with Crippen LogP contribution in [0, 0.1) is 0 Å². The predicted molar refractivity (Wildman–Crippen MR) is 111 cm³/mol. The Kier molecular flexibility index (Phi) is 7.26. The Labute approximate surface area is 185 Å². The molecule has 4 rings (SSSR count). The van der Waals surface area contributed by atoms with Crippen LogP contribution in [0.1, 0.15) is 26.5 Å². The fourth-order valence-corrected chi connectivity index (χ4v) is 3.80. The second-order valence-electron chi connectivity index (χ2n) is 6.96. The molecule has 1 aliphatic heterocycles. The molecule has 0 aliphatic carbocycles. The highest BCUT2D eigenvalue weighted by molar-refractivity contribution is 7.09. The van der Waals surface area contributed by atoms with Crippen LogP contribution in [-0.2, 0) is 24.3 Å². The third-order valence-corrected chi connectivity index (χ3v) is 5.46. The van der Waals surface area contributed by atoms with Crippen molar-refractivity contribution in [3.63, 3.8) is 0 Å². The number of alkyl halides is 3. The molecule has 3 aromatic heterocycles. The van der Waals surface area contributed by atoms with E-state index in [0.29, 0.717) is 18.7 Å². The quantitative estimate of drug-likeness (QED) is 0.612. The molecule has 2 N–H and O–H groups in total. The van der Waals surface area contributed by atoms with Gasteiger partial charge in [0.05, 0.1) is 17.5 Å². The highest BCUT2D eigenvalue weighted by Gasteiger charge is 2.38. The van der Waals surface area contributed by atoms with Crippen molar-refractivity contribution in [3.05, 3.63) is 63.7 Å². The molecule has 0 atom stereocenters. The SMILES string of the molecule is CN1Cc2cccnc2-n2ncc(C(=O)NCCc3cccs3)c2C1.O=C(O)C(F)(F)F. The van der Waals surface area contributed by atoms with E-state index >= 15 is 0 Å². The average molecular weight is 467 g/mol. The molecule has 0 spiro atoms. The minimum atomic E-state index is -5.08. The fourth-order valence-electron chi connectivity index (χ4n) is 3.09. The number of rotatable bonds is 4. The zero-order chi connectivity index (χ0) is 23.3. The van der Waals surface area contributed by atoms with Gasteiger partial charge in [-0.3, -0.25) is 9.69 Å². The van der Waals surface area contributed by atoms with Crippen molar-refractivity contribution in [3.8, 4) is 5.82 Å². The molecule has 0 bridgehead atoms. The maximum absolute atomic E-state index is 12.6. The number of hydrogen-bond acceptors (Lipinski definition) is 6. The molecule has 0 fully saturated rings. The van der Waals surface area contributed by atoms with Gasteiger partial charge in [-0.25, -0.2) is 14.5 Å². The number of hydrogen-bond donors (Lipinski definition) is 2. The zero-order valence-corrected chi connectivity index (χ0v) is 17.8. The van der Waals surface area contributed by atoms with Crippen LogP contribution in [0.4, 0.5) is 13.2 Å². The molecule has 8 nitrogen and oxygen atoms in total. The van der Waals surface area contributed by atoms with Crippen LogP contribution in [-0.4, -0.2) is 56.4 Å². The van der Waals surface area contributed by atoms with Gasteiger partial charge in [0.25, 0.3) is 5.91 Å². The molecule has 0 saturated heterocycles. The number of thiophene rings is 1. The molecule has 0 radical (unpaired) electrons. The lowest BCUT2D eigenvalue weighted by molar-refractivity contribution is -0.192. The summed E-state index contributed by atoms with van der Waals surface area (Å²) in [5, 5.41) is 16.6. The maximum Gasteiger partial charge on any atom is 0.490 e. The predicted octanol–water partition coefficient (Wildman–Crippen LogP) is 2.88. The number of carboxylic acid groups (broad SMARTS) is 1. The first-order chi connectivity index (χ1) is 15.2. The first-order valence-electron chi connectivity index (χ1n) is 9.47. The smallest absolute Gasteiger partial charge is 0.475 e. The largest absolute Gasteiger partial charge is 0.490 e. The van der Waals surface area contributed by atoms with Crippen molar-refractivity contribution < 1.29 is 27.9 Å². The van der Waals surface area contributed by atoms with E-state index in [-0.39, 0.29) is 5.91 Å². The van der Waals surface area contributed by atoms with Gasteiger partial charge >= 0.3 is 12.1 Å². The number of aromatic nitrogens is 3. The lowest BCUT2D eigenvalue weighted by Crippen LogP contribution is -2.27. The van der Waals surface area contributed by atoms with Gasteiger partial charge in [0.2, 0.25) is 0 Å². The molecule has 3 aromatic rings. The molecule has 0 saturated carbocycles. The Morgan fingerprint density at radius 3 is 2.66 bits per heavy atom. The molecule has 170 valence electrons. The van der Waals surface area contributed by atoms with Gasteiger partial charge in [-0.1, -0.05) is 12.1 Å². The van der Waals surface area contributed by atoms with Crippen LogP contribution in [0.2, 0.25) is 0 Å². The average Bonchev–Trinajstić information content (AvgIpc) is 3.35. The van der Waals surface area contributed by atoms with E-state index in [1.807, 2.05) is 19.2 Å². The molecule has 12 heteroatoms. The van der Waals surface area contributed by atoms with Crippen LogP contribution in [0.3, 0.4) is 0 Å². The zero-order valence-electron chi connectivity index (χ0n) is 17.0. The number of carbonyl (C=O) groups is 2. The summed E-state index contributed by atoms with van der Waals surface area (Å²) in [7, 11) is 2.04. The Hall–Kier alpha value is -3.25. The van der Waals surface area contributed by atoms with Crippen molar-refractivity contribution >= 4 is 23.2 Å². The first-order valence-corrected chi connectivity index (χ1v) is 10.3. The van der Waals surface area contributed by atoms with E-state index in [0.717, 1.165) is 30.0 Å². The molecule has 1 amide bonds. The van der Waals surface area contributed by atoms with Gasteiger partial charge in [-0.05, 0) is 31.0 Å². The van der Waals surface area contributed by atoms with E-state index in [1.54, 1.807) is 28.4 Å². The standard InChI is InChI=1S/C18H19N5OS.C2HF3O2/c1-22-11-13-4-2-7-19-17(13)23-16(12-22)15(10-21-23)18(24)20-8-6-14-5-3-9-25-14;3-2(4,5)1(6)7/h2-5,7,9-10H,6,8,11-12H2,1H3,(H,20,24);(H,6,7). The van der Waals surface area contributed by atoms with Crippen LogP contribution in [0.15, 0.2) is 42.0 Å². The highest BCUT2D eigenvalue weighted by Crippen LogP contribution is 2.23. The molecular formula is C20H20F3N5O3S. The van der Waals surface area contributed by atoms with Gasteiger partial charge in [-0.2, -0.15) is 18.3 Å². The maximum atomic E-state index is 12.6. The number of amides is 1. The van der Waals surface area contributed by atoms with Crippen molar-refractivity contribution in [1.82, 2.24) is 25.0 Å². The lowest BCUT2D eigenvalue weighted by Gasteiger charge is -2.13. The molecule has 0 aromatic carbocycles. The summed E-state index contributed by atoms with van der Waals surface area (Å²) in [6, 6.07) is 8.09. The fraction of sp³-hybridized carbons (Fsp3) is 0.300. The number of carbonyl (C=O) groups excluding carboxylic acids is 1. The Balaban J connectivity index is 0.000000360. The van der Waals surface area contributed by atoms with Gasteiger partial charge in [0.15, 0.2) is 5.82 Å². The summed E-state index contributed by atoms with van der Waals surface area (Å²) < 4.78 is 33.5. The van der Waals surface area contributed by atoms with Crippen molar-refractivity contribution in [2.24, 2.45) is 0 Å². The summed E-state index contributed by atoms with van der Waals surface area (Å²) >= 11 is 1.71. The number of carboxylic acids is 1. The molecule has 0 unspecified atom stereocenters. The van der Waals surface area contributed by atoms with Gasteiger partial charge in [-0.15, -0.1) is 11.3 Å². The number of fused-ring (bicyclic) bond motifs is 3. The number of halogens is 3. The number of nitrogens with zero attached hydrogens (tertiary/aromatic N) is 4. The van der Waals surface area contributed by atoms with E-state index < -0.39 is 12.1 Å². The molecule has 32 heavy (non-hydrogen) atoms. The topological polar surface area (TPSA) is 100 Å². The summed E-state index contributed by atoms with van der Waals surface area (Å²) in [4.78, 5) is 29.4. The van der Waals surface area contributed by atoms with Gasteiger partial charge < -0.3 is 10.4 Å². The van der Waals surface area contributed by atoms with Crippen LogP contribution < -0.4 is 5.32 Å². The van der Waals surface area contributed by atoms with Crippen molar-refractivity contribution in [2.45, 2.75) is 25.7 Å². The summed E-state index contributed by atoms with van der Waals surface area (Å²) in [5.74, 6) is -2.03. The summed E-state index contributed by atoms with van der Waals surface area (Å²) in [6.07, 6.45) is -0.832. The first kappa shape index (κ1) is 23.4. The second kappa shape index (κ2) is 9.92. The minimum Gasteiger partial charge on any atom is -0.475 e. The van der Waals surface area contributed by atoms with Crippen LogP contribution >= 0.6 is 11.3 Å². The summed E-state index contributed by atoms with van der Waals surface area (Å²) in [5.41, 5.74) is 2.61. The van der Waals surface area contributed by atoms with Crippen LogP contribution in [0.25, 0.3) is 5.82 Å². The lowest BCUT2D eigenvalue weighted by atomic mass is 10.2. The number of aliphatic carboxylic acids is 1. The van der Waals surface area contributed by atoms with E-state index in [4.69, 9.17) is 9.90 Å². The monoisotopic (exact) mass is 467 g/mol. The number of pyridine rings is 1. The van der Waals surface area contributed by atoms with Gasteiger partial charge in [0, 0.05) is 36.3 Å². The Morgan fingerprint density at radius 2 is 2.00 bits per heavy atom. The van der Waals surface area contributed by atoms with Gasteiger partial charge in [0.1, 0.15) is 0 Å². The van der Waals surface area contributed by atoms with Crippen molar-refractivity contribution in [1.29, 1.82) is 0 Å². The minimum absolute atomic E-state index is 0.0782. The number of nitrogens with one attached hydrogen (secondary N) is 1. The van der Waals surface area contributed by atoms with E-state index in [2.05, 4.69) is 37.8 Å². The van der Waals surface area contributed by atoms with E-state index in [9.17, 15) is 18.0 Å². The molecule has 4 heterocycles. The molecular weight excluding hydrogens is 447 g/mol. The Bertz CT molecular complexity index is 1080. The third-order valence-electron chi connectivity index (χ3n) is 4.52. The third kappa shape index (κ3) is 5.71. The van der Waals surface area contributed by atoms with E-state index in [1.165, 1.54) is 4.88 Å². The van der Waals surface area contributed by atoms with Crippen LogP contribution in [0.5, 0.6) is 0 Å². The molecule has 1 aliphatic rings.